The predicted molar refractivity (Wildman–Crippen MR) is 107 cm³/mol. The number of hydrogen-bond acceptors (Lipinski definition) is 5. The van der Waals surface area contributed by atoms with Crippen LogP contribution in [0.25, 0.3) is 0 Å². The number of pyridine rings is 1. The van der Waals surface area contributed by atoms with Crippen LogP contribution in [0.15, 0.2) is 12.1 Å². The Morgan fingerprint density at radius 1 is 1.23 bits per heavy atom. The fraction of sp³-hybridized carbons (Fsp3) is 0.700. The number of amides is 1. The van der Waals surface area contributed by atoms with E-state index in [1.54, 1.807) is 0 Å². The molecule has 0 saturated carbocycles. The van der Waals surface area contributed by atoms with Crippen LogP contribution < -0.4 is 4.74 Å². The molecule has 3 heterocycles. The summed E-state index contributed by atoms with van der Waals surface area (Å²) in [6.45, 7) is 5.51. The van der Waals surface area contributed by atoms with Crippen molar-refractivity contribution in [3.8, 4) is 5.88 Å². The van der Waals surface area contributed by atoms with Gasteiger partial charge in [0.05, 0.1) is 24.3 Å². The van der Waals surface area contributed by atoms with Gasteiger partial charge in [-0.1, -0.05) is 19.6 Å². The number of alkyl halides is 4. The number of carbonyl (C=O) groups is 1. The first-order valence-corrected chi connectivity index (χ1v) is 13.8. The van der Waals surface area contributed by atoms with Crippen LogP contribution in [0.3, 0.4) is 0 Å². The van der Waals surface area contributed by atoms with Gasteiger partial charge in [0.1, 0.15) is 12.3 Å². The zero-order chi connectivity index (χ0) is 23.0. The fourth-order valence-corrected chi connectivity index (χ4v) is 4.71. The van der Waals surface area contributed by atoms with Crippen LogP contribution >= 0.6 is 0 Å². The Hall–Kier alpha value is -1.72. The highest BCUT2D eigenvalue weighted by Gasteiger charge is 2.60. The Kier molecular flexibility index (Phi) is 6.69. The highest BCUT2D eigenvalue weighted by Crippen LogP contribution is 2.49. The van der Waals surface area contributed by atoms with Gasteiger partial charge in [0.2, 0.25) is 18.2 Å². The molecule has 1 fully saturated rings. The van der Waals surface area contributed by atoms with Crippen molar-refractivity contribution in [2.45, 2.75) is 63.0 Å². The summed E-state index contributed by atoms with van der Waals surface area (Å²) >= 11 is 0. The topological polar surface area (TPSA) is 60.9 Å². The molecule has 6 nitrogen and oxygen atoms in total. The van der Waals surface area contributed by atoms with Crippen molar-refractivity contribution in [2.24, 2.45) is 0 Å². The summed E-state index contributed by atoms with van der Waals surface area (Å²) in [6, 6.07) is 3.65. The number of aromatic nitrogens is 1. The Morgan fingerprint density at radius 2 is 1.90 bits per heavy atom. The molecule has 0 aromatic carbocycles. The first kappa shape index (κ1) is 23.9. The van der Waals surface area contributed by atoms with Gasteiger partial charge in [0.25, 0.3) is 0 Å². The molecule has 11 heteroatoms. The molecular weight excluding hydrogens is 436 g/mol. The highest BCUT2D eigenvalue weighted by atomic mass is 28.3. The lowest BCUT2D eigenvalue weighted by molar-refractivity contribution is -0.198. The minimum absolute atomic E-state index is 0.0256. The van der Waals surface area contributed by atoms with Crippen molar-refractivity contribution in [2.75, 3.05) is 26.6 Å². The van der Waals surface area contributed by atoms with E-state index in [0.717, 1.165) is 6.04 Å². The number of fused-ring (bicyclic) bond motifs is 2. The van der Waals surface area contributed by atoms with Gasteiger partial charge in [-0.25, -0.2) is 13.8 Å². The standard InChI is InChI=1S/C20H28F4N2O4Si/c1-19(9-14(21)22)16-13(5-6-15(25-16)30-18(23)24)20(10-29-11-20)26(17(19)27)12-28-7-8-31(2,3)4/h5-6,14,18H,7-12H2,1-4H3. The molecule has 0 N–H and O–H groups in total. The molecular formula is C20H28F4N2O4Si. The molecule has 2 aliphatic rings. The maximum Gasteiger partial charge on any atom is 0.388 e. The molecule has 31 heavy (non-hydrogen) atoms. The van der Waals surface area contributed by atoms with Gasteiger partial charge in [-0.2, -0.15) is 8.78 Å². The molecule has 1 amide bonds. The molecule has 0 bridgehead atoms. The van der Waals surface area contributed by atoms with E-state index in [4.69, 9.17) is 9.47 Å². The summed E-state index contributed by atoms with van der Waals surface area (Å²) in [4.78, 5) is 19.0. The van der Waals surface area contributed by atoms with Crippen LogP contribution in [-0.2, 0) is 25.2 Å². The fourth-order valence-electron chi connectivity index (χ4n) is 3.95. The first-order chi connectivity index (χ1) is 14.4. The number of nitrogens with zero attached hydrogens (tertiary/aromatic N) is 2. The maximum atomic E-state index is 13.5. The second-order valence-corrected chi connectivity index (χ2v) is 15.1. The summed E-state index contributed by atoms with van der Waals surface area (Å²) in [5.74, 6) is -1.00. The monoisotopic (exact) mass is 464 g/mol. The van der Waals surface area contributed by atoms with Gasteiger partial charge >= 0.3 is 6.61 Å². The van der Waals surface area contributed by atoms with E-state index in [1.165, 1.54) is 24.0 Å². The van der Waals surface area contributed by atoms with E-state index >= 15 is 0 Å². The molecule has 0 aliphatic carbocycles. The second-order valence-electron chi connectivity index (χ2n) is 9.46. The summed E-state index contributed by atoms with van der Waals surface area (Å²) in [5.41, 5.74) is -2.12. The zero-order valence-corrected chi connectivity index (χ0v) is 19.1. The minimum atomic E-state index is -3.12. The SMILES string of the molecule is CC1(CC(F)F)C(=O)N(COCC[Si](C)(C)C)C2(COC2)c2ccc(OC(F)F)nc21. The molecule has 1 unspecified atom stereocenters. The summed E-state index contributed by atoms with van der Waals surface area (Å²) < 4.78 is 67.9. The average Bonchev–Trinajstić information content (AvgIpc) is 2.60. The predicted octanol–water partition coefficient (Wildman–Crippen LogP) is 3.98. The summed E-state index contributed by atoms with van der Waals surface area (Å²) in [6.07, 6.45) is -3.60. The second kappa shape index (κ2) is 8.66. The van der Waals surface area contributed by atoms with E-state index in [1.807, 2.05) is 0 Å². The number of hydrogen-bond donors (Lipinski definition) is 0. The lowest BCUT2D eigenvalue weighted by atomic mass is 9.69. The van der Waals surface area contributed by atoms with Gasteiger partial charge < -0.3 is 19.1 Å². The lowest BCUT2D eigenvalue weighted by Gasteiger charge is -2.56. The molecule has 1 atom stereocenters. The molecule has 1 aromatic rings. The third-order valence-electron chi connectivity index (χ3n) is 5.80. The van der Waals surface area contributed by atoms with Crippen LogP contribution in [0.1, 0.15) is 24.6 Å². The van der Waals surface area contributed by atoms with Crippen molar-refractivity contribution in [3.05, 3.63) is 23.4 Å². The lowest BCUT2D eigenvalue weighted by Crippen LogP contribution is -2.68. The third-order valence-corrected chi connectivity index (χ3v) is 7.50. The van der Waals surface area contributed by atoms with Crippen molar-refractivity contribution in [1.82, 2.24) is 9.88 Å². The summed E-state index contributed by atoms with van der Waals surface area (Å²) in [7, 11) is -1.36. The van der Waals surface area contributed by atoms with Gasteiger partial charge in [-0.05, 0) is 19.0 Å². The van der Waals surface area contributed by atoms with Gasteiger partial charge in [-0.15, -0.1) is 0 Å². The van der Waals surface area contributed by atoms with Gasteiger partial charge in [-0.3, -0.25) is 4.79 Å². The maximum absolute atomic E-state index is 13.5. The van der Waals surface area contributed by atoms with E-state index in [0.29, 0.717) is 12.2 Å². The quantitative estimate of drug-likeness (QED) is 0.314. The van der Waals surface area contributed by atoms with E-state index in [2.05, 4.69) is 29.4 Å². The normalized spacial score (nSPS) is 22.8. The Balaban J connectivity index is 1.99. The number of ether oxygens (including phenoxy) is 3. The Labute approximate surface area is 179 Å². The smallest absolute Gasteiger partial charge is 0.388 e. The number of carbonyl (C=O) groups excluding carboxylic acids is 1. The first-order valence-electron chi connectivity index (χ1n) is 10.1. The van der Waals surface area contributed by atoms with Crippen LogP contribution in [0.4, 0.5) is 17.6 Å². The molecule has 0 radical (unpaired) electrons. The van der Waals surface area contributed by atoms with Gasteiger partial charge in [0, 0.05) is 32.7 Å². The molecule has 3 rings (SSSR count). The number of rotatable bonds is 9. The van der Waals surface area contributed by atoms with E-state index in [-0.39, 0.29) is 25.6 Å². The van der Waals surface area contributed by atoms with Crippen molar-refractivity contribution >= 4 is 14.0 Å². The van der Waals surface area contributed by atoms with Crippen LogP contribution in [0.5, 0.6) is 5.88 Å². The molecule has 1 aromatic heterocycles. The van der Waals surface area contributed by atoms with Crippen molar-refractivity contribution in [1.29, 1.82) is 0 Å². The zero-order valence-electron chi connectivity index (χ0n) is 18.1. The Morgan fingerprint density at radius 3 is 2.42 bits per heavy atom. The van der Waals surface area contributed by atoms with Gasteiger partial charge in [0.15, 0.2) is 0 Å². The van der Waals surface area contributed by atoms with Crippen LogP contribution in [0, 0.1) is 0 Å². The van der Waals surface area contributed by atoms with Crippen LogP contribution in [0.2, 0.25) is 25.7 Å². The highest BCUT2D eigenvalue weighted by molar-refractivity contribution is 6.76. The van der Waals surface area contributed by atoms with Crippen molar-refractivity contribution < 1.29 is 36.6 Å². The minimum Gasteiger partial charge on any atom is -0.417 e. The molecule has 1 saturated heterocycles. The molecule has 1 spiro atoms. The third kappa shape index (κ3) is 4.73. The average molecular weight is 465 g/mol. The van der Waals surface area contributed by atoms with Crippen LogP contribution in [-0.4, -0.2) is 63.5 Å². The summed E-state index contributed by atoms with van der Waals surface area (Å²) in [5, 5.41) is 0. The molecule has 2 aliphatic heterocycles. The van der Waals surface area contributed by atoms with E-state index in [9.17, 15) is 22.4 Å². The number of halogens is 4. The largest absolute Gasteiger partial charge is 0.417 e. The Bertz CT molecular complexity index is 817. The van der Waals surface area contributed by atoms with Crippen molar-refractivity contribution in [3.63, 3.8) is 0 Å². The molecule has 174 valence electrons. The van der Waals surface area contributed by atoms with E-state index < -0.39 is 50.3 Å².